The van der Waals surface area contributed by atoms with Crippen molar-refractivity contribution in [2.24, 2.45) is 0 Å². The van der Waals surface area contributed by atoms with E-state index in [1.807, 2.05) is 5.38 Å². The quantitative estimate of drug-likeness (QED) is 0.820. The fourth-order valence-electron chi connectivity index (χ4n) is 3.68. The lowest BCUT2D eigenvalue weighted by atomic mass is 9.97. The molecule has 2 fully saturated rings. The van der Waals surface area contributed by atoms with Crippen molar-refractivity contribution >= 4 is 17.2 Å². The fourth-order valence-corrected chi connectivity index (χ4v) is 4.34. The molecule has 0 unspecified atom stereocenters. The van der Waals surface area contributed by atoms with Gasteiger partial charge in [-0.05, 0) is 17.7 Å². The maximum atomic E-state index is 13.3. The molecule has 2 aliphatic rings. The third kappa shape index (κ3) is 4.54. The molecule has 0 radical (unpaired) electrons. The largest absolute Gasteiger partial charge is 0.370 e. The highest BCUT2D eigenvalue weighted by atomic mass is 32.1. The van der Waals surface area contributed by atoms with Gasteiger partial charge in [-0.15, -0.1) is 11.3 Å². The van der Waals surface area contributed by atoms with Gasteiger partial charge in [0.15, 0.2) is 0 Å². The van der Waals surface area contributed by atoms with Crippen LogP contribution in [0.5, 0.6) is 0 Å². The molecule has 28 heavy (non-hydrogen) atoms. The van der Waals surface area contributed by atoms with E-state index in [2.05, 4.69) is 15.2 Å². The molecule has 1 spiro atoms. The predicted octanol–water partition coefficient (Wildman–Crippen LogP) is 2.10. The van der Waals surface area contributed by atoms with Gasteiger partial charge in [-0.1, -0.05) is 0 Å². The zero-order valence-corrected chi connectivity index (χ0v) is 16.0. The van der Waals surface area contributed by atoms with Gasteiger partial charge in [0.05, 0.1) is 19.8 Å². The molecule has 2 saturated heterocycles. The first-order valence-electron chi connectivity index (χ1n) is 9.10. The summed E-state index contributed by atoms with van der Waals surface area (Å²) in [5.74, 6) is -1.64. The molecule has 6 nitrogen and oxygen atoms in total. The lowest BCUT2D eigenvalue weighted by molar-refractivity contribution is -0.130. The number of rotatable bonds is 5. The average molecular weight is 409 g/mol. The van der Waals surface area contributed by atoms with Crippen LogP contribution in [-0.2, 0) is 27.4 Å². The SMILES string of the molecule is O=C(NCc1cc(F)cc(F)c1)[C@H]1C[C@]2(CO1)CN(Cc1nccs1)CCO2. The maximum Gasteiger partial charge on any atom is 0.249 e. The lowest BCUT2D eigenvalue weighted by Crippen LogP contribution is -2.52. The van der Waals surface area contributed by atoms with Crippen LogP contribution in [0.1, 0.15) is 17.0 Å². The van der Waals surface area contributed by atoms with Crippen LogP contribution in [-0.4, -0.2) is 53.8 Å². The molecule has 2 atom stereocenters. The number of ether oxygens (including phenoxy) is 2. The second-order valence-electron chi connectivity index (χ2n) is 7.17. The first-order chi connectivity index (χ1) is 13.5. The summed E-state index contributed by atoms with van der Waals surface area (Å²) in [5, 5.41) is 5.69. The summed E-state index contributed by atoms with van der Waals surface area (Å²) >= 11 is 1.62. The highest BCUT2D eigenvalue weighted by Crippen LogP contribution is 2.32. The van der Waals surface area contributed by atoms with Gasteiger partial charge in [-0.3, -0.25) is 9.69 Å². The number of benzene rings is 1. The minimum atomic E-state index is -0.670. The maximum absolute atomic E-state index is 13.3. The summed E-state index contributed by atoms with van der Waals surface area (Å²) < 4.78 is 38.2. The average Bonchev–Trinajstić information content (AvgIpc) is 3.29. The number of aromatic nitrogens is 1. The predicted molar refractivity (Wildman–Crippen MR) is 98.6 cm³/mol. The Morgan fingerprint density at radius 1 is 1.36 bits per heavy atom. The van der Waals surface area contributed by atoms with Crippen molar-refractivity contribution in [2.45, 2.75) is 31.2 Å². The Labute approximate surface area is 165 Å². The van der Waals surface area contributed by atoms with Crippen LogP contribution in [0.4, 0.5) is 8.78 Å². The van der Waals surface area contributed by atoms with Crippen molar-refractivity contribution in [1.29, 1.82) is 0 Å². The third-order valence-electron chi connectivity index (χ3n) is 4.96. The van der Waals surface area contributed by atoms with Crippen LogP contribution >= 0.6 is 11.3 Å². The molecule has 0 saturated carbocycles. The van der Waals surface area contributed by atoms with E-state index in [4.69, 9.17) is 9.47 Å². The van der Waals surface area contributed by atoms with E-state index in [1.165, 1.54) is 12.1 Å². The Morgan fingerprint density at radius 3 is 2.93 bits per heavy atom. The number of nitrogens with one attached hydrogen (secondary N) is 1. The zero-order chi connectivity index (χ0) is 19.6. The number of carbonyl (C=O) groups is 1. The summed E-state index contributed by atoms with van der Waals surface area (Å²) in [5.41, 5.74) is -0.148. The molecule has 1 amide bonds. The normalized spacial score (nSPS) is 25.3. The number of amides is 1. The van der Waals surface area contributed by atoms with Gasteiger partial charge in [-0.25, -0.2) is 13.8 Å². The van der Waals surface area contributed by atoms with Crippen molar-refractivity contribution < 1.29 is 23.0 Å². The van der Waals surface area contributed by atoms with Crippen LogP contribution in [0.25, 0.3) is 0 Å². The molecule has 2 aliphatic heterocycles. The molecule has 4 rings (SSSR count). The third-order valence-corrected chi connectivity index (χ3v) is 5.72. The van der Waals surface area contributed by atoms with Gasteiger partial charge in [0.2, 0.25) is 5.91 Å². The topological polar surface area (TPSA) is 63.7 Å². The molecule has 0 aliphatic carbocycles. The molecule has 1 N–H and O–H groups in total. The van der Waals surface area contributed by atoms with Gasteiger partial charge in [0.25, 0.3) is 0 Å². The zero-order valence-electron chi connectivity index (χ0n) is 15.2. The Kier molecular flexibility index (Phi) is 5.68. The summed E-state index contributed by atoms with van der Waals surface area (Å²) in [6.07, 6.45) is 1.60. The lowest BCUT2D eigenvalue weighted by Gasteiger charge is -2.39. The van der Waals surface area contributed by atoms with E-state index in [9.17, 15) is 13.6 Å². The van der Waals surface area contributed by atoms with Crippen molar-refractivity contribution in [3.63, 3.8) is 0 Å². The van der Waals surface area contributed by atoms with Crippen LogP contribution < -0.4 is 5.32 Å². The Hall–Kier alpha value is -1.94. The number of thiazole rings is 1. The number of halogens is 2. The second-order valence-corrected chi connectivity index (χ2v) is 8.15. The summed E-state index contributed by atoms with van der Waals surface area (Å²) in [4.78, 5) is 19.0. The monoisotopic (exact) mass is 409 g/mol. The van der Waals surface area contributed by atoms with E-state index in [-0.39, 0.29) is 12.5 Å². The summed E-state index contributed by atoms with van der Waals surface area (Å²) in [6.45, 7) is 3.19. The van der Waals surface area contributed by atoms with Gasteiger partial charge in [0, 0.05) is 43.7 Å². The number of nitrogens with zero attached hydrogens (tertiary/aromatic N) is 2. The van der Waals surface area contributed by atoms with E-state index >= 15 is 0 Å². The number of carbonyl (C=O) groups excluding carboxylic acids is 1. The molecule has 150 valence electrons. The molecular formula is C19H21F2N3O3S. The fraction of sp³-hybridized carbons (Fsp3) is 0.474. The van der Waals surface area contributed by atoms with Crippen LogP contribution in [0.2, 0.25) is 0 Å². The molecule has 3 heterocycles. The van der Waals surface area contributed by atoms with Gasteiger partial charge < -0.3 is 14.8 Å². The number of hydrogen-bond donors (Lipinski definition) is 1. The molecule has 0 bridgehead atoms. The van der Waals surface area contributed by atoms with Crippen LogP contribution in [0.3, 0.4) is 0 Å². The molecule has 2 aromatic rings. The molecule has 1 aromatic carbocycles. The van der Waals surface area contributed by atoms with E-state index in [1.54, 1.807) is 17.5 Å². The standard InChI is InChI=1S/C19H21F2N3O3S/c20-14-5-13(6-15(21)7-14)9-23-18(25)16-8-19(12-26-16)11-24(2-3-27-19)10-17-22-1-4-28-17/h1,4-7,16H,2-3,8-12H2,(H,23,25)/t16-,19-/m1/s1. The Bertz CT molecular complexity index is 816. The summed E-state index contributed by atoms with van der Waals surface area (Å²) in [6, 6.07) is 3.19. The van der Waals surface area contributed by atoms with Gasteiger partial charge in [0.1, 0.15) is 28.3 Å². The number of hydrogen-bond acceptors (Lipinski definition) is 6. The van der Waals surface area contributed by atoms with E-state index in [0.717, 1.165) is 24.2 Å². The van der Waals surface area contributed by atoms with Crippen LogP contribution in [0, 0.1) is 11.6 Å². The highest BCUT2D eigenvalue weighted by Gasteiger charge is 2.46. The molecule has 9 heteroatoms. The number of morpholine rings is 1. The van der Waals surface area contributed by atoms with Crippen molar-refractivity contribution in [3.8, 4) is 0 Å². The smallest absolute Gasteiger partial charge is 0.249 e. The van der Waals surface area contributed by atoms with Crippen molar-refractivity contribution in [2.75, 3.05) is 26.3 Å². The van der Waals surface area contributed by atoms with E-state index < -0.39 is 23.3 Å². The second kappa shape index (κ2) is 8.20. The van der Waals surface area contributed by atoms with Crippen molar-refractivity contribution in [3.05, 3.63) is 52.0 Å². The van der Waals surface area contributed by atoms with E-state index in [0.29, 0.717) is 31.7 Å². The summed E-state index contributed by atoms with van der Waals surface area (Å²) in [7, 11) is 0. The Balaban J connectivity index is 1.31. The molecular weight excluding hydrogens is 388 g/mol. The Morgan fingerprint density at radius 2 is 2.18 bits per heavy atom. The molecule has 1 aromatic heterocycles. The first kappa shape index (κ1) is 19.4. The van der Waals surface area contributed by atoms with Gasteiger partial charge >= 0.3 is 0 Å². The minimum Gasteiger partial charge on any atom is -0.370 e. The highest BCUT2D eigenvalue weighted by molar-refractivity contribution is 7.09. The van der Waals surface area contributed by atoms with Crippen molar-refractivity contribution in [1.82, 2.24) is 15.2 Å². The van der Waals surface area contributed by atoms with Gasteiger partial charge in [-0.2, -0.15) is 0 Å². The minimum absolute atomic E-state index is 0.0391. The van der Waals surface area contributed by atoms with Crippen LogP contribution in [0.15, 0.2) is 29.8 Å². The first-order valence-corrected chi connectivity index (χ1v) is 9.98.